The molecule has 0 aromatic rings. The fourth-order valence-corrected chi connectivity index (χ4v) is 5.43. The topological polar surface area (TPSA) is 113 Å². The number of hydrogen-bond acceptors (Lipinski definition) is 7. The molecule has 0 saturated carbocycles. The largest absolute Gasteiger partial charge is 1.00 e. The predicted molar refractivity (Wildman–Crippen MR) is 182 cm³/mol. The van der Waals surface area contributed by atoms with Gasteiger partial charge in [-0.05, 0) is 19.3 Å². The molecule has 0 fully saturated rings. The smallest absolute Gasteiger partial charge is 1.00 e. The number of ether oxygens (including phenoxy) is 2. The van der Waals surface area contributed by atoms with Crippen molar-refractivity contribution in [3.63, 3.8) is 0 Å². The number of hydrogen-bond donors (Lipinski definition) is 1. The molecule has 0 aliphatic rings. The summed E-state index contributed by atoms with van der Waals surface area (Å²) in [5.74, 6) is -2.66. The summed E-state index contributed by atoms with van der Waals surface area (Å²) in [6.07, 6.45) is 31.8. The fraction of sp³-hybridized carbons (Fsp3) is 0.892. The first kappa shape index (κ1) is 50.6. The van der Waals surface area contributed by atoms with Gasteiger partial charge in [0, 0.05) is 19.3 Å². The standard InChI is InChI=1S/C37H69NO6.2Na.2H/c1-3-5-7-9-11-13-15-17-19-21-23-25-27-29-34(39)43-36(41)32-31-33(38)37(42)44-35(40)30-28-26-24-22-20-18-16-14-12-10-8-6-4-2;;;;/h33H,3-32,38H2,1-2H3;;;;/q;2*+1;2*-1/t33-;;;;/m0..../s1. The van der Waals surface area contributed by atoms with Crippen molar-refractivity contribution in [2.75, 3.05) is 0 Å². The third-order valence-electron chi connectivity index (χ3n) is 8.37. The maximum Gasteiger partial charge on any atom is 1.00 e. The van der Waals surface area contributed by atoms with Gasteiger partial charge in [0.05, 0.1) is 0 Å². The summed E-state index contributed by atoms with van der Waals surface area (Å²) in [5, 5.41) is 0. The maximum absolute atomic E-state index is 12.1. The summed E-state index contributed by atoms with van der Waals surface area (Å²) in [4.78, 5) is 48.0. The molecule has 0 rings (SSSR count). The Morgan fingerprint density at radius 3 is 1.02 bits per heavy atom. The van der Waals surface area contributed by atoms with Gasteiger partial charge in [-0.25, -0.2) is 4.79 Å². The number of unbranched alkanes of at least 4 members (excludes halogenated alkanes) is 24. The van der Waals surface area contributed by atoms with Crippen LogP contribution in [0.4, 0.5) is 0 Å². The van der Waals surface area contributed by atoms with Gasteiger partial charge in [0.2, 0.25) is 0 Å². The monoisotopic (exact) mass is 672 g/mol. The summed E-state index contributed by atoms with van der Waals surface area (Å²) < 4.78 is 9.69. The quantitative estimate of drug-likeness (QED) is 0.0488. The molecule has 46 heavy (non-hydrogen) atoms. The fourth-order valence-electron chi connectivity index (χ4n) is 5.43. The van der Waals surface area contributed by atoms with Gasteiger partial charge in [-0.3, -0.25) is 14.4 Å². The molecular formula is C37H71NNa2O6. The molecule has 2 N–H and O–H groups in total. The molecule has 262 valence electrons. The van der Waals surface area contributed by atoms with Crippen LogP contribution in [0.3, 0.4) is 0 Å². The second-order valence-corrected chi connectivity index (χ2v) is 12.8. The minimum absolute atomic E-state index is 0. The normalized spacial score (nSPS) is 11.3. The van der Waals surface area contributed by atoms with Gasteiger partial charge < -0.3 is 18.1 Å². The third kappa shape index (κ3) is 37.1. The average Bonchev–Trinajstić information content (AvgIpc) is 3.00. The zero-order valence-corrected chi connectivity index (χ0v) is 34.8. The van der Waals surface area contributed by atoms with Crippen LogP contribution < -0.4 is 64.8 Å². The molecular weight excluding hydrogens is 600 g/mol. The average molecular weight is 672 g/mol. The molecule has 0 aromatic heterocycles. The van der Waals surface area contributed by atoms with Gasteiger partial charge in [0.1, 0.15) is 6.04 Å². The van der Waals surface area contributed by atoms with Crippen molar-refractivity contribution in [2.45, 2.75) is 213 Å². The Morgan fingerprint density at radius 1 is 0.435 bits per heavy atom. The van der Waals surface area contributed by atoms with Crippen LogP contribution in [0.1, 0.15) is 209 Å². The van der Waals surface area contributed by atoms with E-state index in [1.807, 2.05) is 0 Å². The molecule has 0 aliphatic heterocycles. The molecule has 0 saturated heterocycles. The van der Waals surface area contributed by atoms with E-state index in [9.17, 15) is 19.2 Å². The van der Waals surface area contributed by atoms with E-state index in [-0.39, 0.29) is 87.7 Å². The van der Waals surface area contributed by atoms with Gasteiger partial charge in [-0.15, -0.1) is 0 Å². The summed E-state index contributed by atoms with van der Waals surface area (Å²) in [6.45, 7) is 4.49. The number of rotatable bonds is 32. The zero-order valence-electron chi connectivity index (χ0n) is 32.8. The van der Waals surface area contributed by atoms with Crippen molar-refractivity contribution in [3.8, 4) is 0 Å². The van der Waals surface area contributed by atoms with Crippen LogP contribution in [-0.4, -0.2) is 29.9 Å². The van der Waals surface area contributed by atoms with E-state index >= 15 is 0 Å². The predicted octanol–water partition coefficient (Wildman–Crippen LogP) is 4.43. The summed E-state index contributed by atoms with van der Waals surface area (Å²) in [6, 6.07) is -1.10. The van der Waals surface area contributed by atoms with Crippen LogP contribution in [0.5, 0.6) is 0 Å². The van der Waals surface area contributed by atoms with Gasteiger partial charge in [0.15, 0.2) is 0 Å². The second kappa shape index (κ2) is 39.7. The Bertz CT molecular complexity index is 734. The summed E-state index contributed by atoms with van der Waals surface area (Å²) in [5.41, 5.74) is 5.79. The van der Waals surface area contributed by atoms with E-state index in [0.717, 1.165) is 25.7 Å². The van der Waals surface area contributed by atoms with E-state index in [1.54, 1.807) is 0 Å². The Morgan fingerprint density at radius 2 is 0.696 bits per heavy atom. The second-order valence-electron chi connectivity index (χ2n) is 12.8. The van der Waals surface area contributed by atoms with Crippen molar-refractivity contribution in [2.24, 2.45) is 5.73 Å². The first-order valence-corrected chi connectivity index (χ1v) is 18.6. The van der Waals surface area contributed by atoms with Crippen molar-refractivity contribution in [3.05, 3.63) is 0 Å². The molecule has 0 spiro atoms. The van der Waals surface area contributed by atoms with E-state index in [1.165, 1.54) is 128 Å². The van der Waals surface area contributed by atoms with Gasteiger partial charge in [0.25, 0.3) is 0 Å². The molecule has 7 nitrogen and oxygen atoms in total. The van der Waals surface area contributed by atoms with Crippen LogP contribution in [0.25, 0.3) is 0 Å². The Labute approximate surface area is 330 Å². The molecule has 0 radical (unpaired) electrons. The SMILES string of the molecule is CCCCCCCCCCCCCCCC(=O)OC(=O)CC[C@H](N)C(=O)OC(=O)CCCCCCCCCCCCCCC.[H-].[H-].[Na+].[Na+]. The number of carbonyl (C=O) groups is 4. The third-order valence-corrected chi connectivity index (χ3v) is 8.37. The van der Waals surface area contributed by atoms with Crippen LogP contribution in [0, 0.1) is 0 Å². The molecule has 0 bridgehead atoms. The van der Waals surface area contributed by atoms with Crippen molar-refractivity contribution in [1.82, 2.24) is 0 Å². The molecule has 1 atom stereocenters. The Kier molecular flexibility index (Phi) is 43.7. The van der Waals surface area contributed by atoms with Crippen LogP contribution >= 0.6 is 0 Å². The first-order chi connectivity index (χ1) is 21.4. The van der Waals surface area contributed by atoms with Crippen LogP contribution in [0.15, 0.2) is 0 Å². The summed E-state index contributed by atoms with van der Waals surface area (Å²) >= 11 is 0. The van der Waals surface area contributed by atoms with Gasteiger partial charge >= 0.3 is 83.0 Å². The van der Waals surface area contributed by atoms with Gasteiger partial charge in [-0.2, -0.15) is 0 Å². The van der Waals surface area contributed by atoms with Crippen LogP contribution in [0.2, 0.25) is 0 Å². The first-order valence-electron chi connectivity index (χ1n) is 18.6. The molecule has 0 amide bonds. The summed E-state index contributed by atoms with van der Waals surface area (Å²) in [7, 11) is 0. The number of carbonyl (C=O) groups excluding carboxylic acids is 4. The van der Waals surface area contributed by atoms with Crippen molar-refractivity contribution < 1.29 is 90.6 Å². The Hall–Kier alpha value is 0.240. The number of nitrogens with two attached hydrogens (primary N) is 1. The molecule has 0 unspecified atom stereocenters. The molecule has 9 heteroatoms. The molecule has 0 heterocycles. The molecule has 0 aliphatic carbocycles. The van der Waals surface area contributed by atoms with E-state index in [2.05, 4.69) is 13.8 Å². The van der Waals surface area contributed by atoms with E-state index in [0.29, 0.717) is 12.8 Å². The van der Waals surface area contributed by atoms with Crippen molar-refractivity contribution >= 4 is 23.9 Å². The van der Waals surface area contributed by atoms with Crippen molar-refractivity contribution in [1.29, 1.82) is 0 Å². The minimum Gasteiger partial charge on any atom is -1.00 e. The maximum atomic E-state index is 12.1. The van der Waals surface area contributed by atoms with E-state index in [4.69, 9.17) is 15.2 Å². The zero-order chi connectivity index (χ0) is 32.5. The Balaban J connectivity index is -0.00000154. The van der Waals surface area contributed by atoms with Gasteiger partial charge in [-0.1, -0.05) is 168 Å². The van der Waals surface area contributed by atoms with Crippen LogP contribution in [-0.2, 0) is 28.7 Å². The minimum atomic E-state index is -1.10. The number of esters is 4. The molecule has 0 aromatic carbocycles. The van der Waals surface area contributed by atoms with E-state index < -0.39 is 29.9 Å².